The van der Waals surface area contributed by atoms with Gasteiger partial charge >= 0.3 is 5.97 Å². The van der Waals surface area contributed by atoms with Gasteiger partial charge in [-0.1, -0.05) is 6.92 Å². The average molecular weight is 233 g/mol. The van der Waals surface area contributed by atoms with Crippen molar-refractivity contribution in [1.29, 1.82) is 0 Å². The minimum absolute atomic E-state index is 0.0785. The Balaban J connectivity index is 4.04. The maximum absolute atomic E-state index is 11.5. The molecule has 16 heavy (non-hydrogen) atoms. The van der Waals surface area contributed by atoms with Gasteiger partial charge in [-0.2, -0.15) is 0 Å². The highest BCUT2D eigenvalue weighted by Crippen LogP contribution is 1.93. The van der Waals surface area contributed by atoms with Crippen molar-refractivity contribution in [3.8, 4) is 0 Å². The van der Waals surface area contributed by atoms with Gasteiger partial charge in [0.05, 0.1) is 6.61 Å². The molecule has 0 spiro atoms. The van der Waals surface area contributed by atoms with Crippen LogP contribution in [-0.2, 0) is 19.1 Å². The van der Waals surface area contributed by atoms with Gasteiger partial charge in [0.25, 0.3) is 0 Å². The Morgan fingerprint density at radius 2 is 2.00 bits per heavy atom. The zero-order valence-electron chi connectivity index (χ0n) is 9.77. The third-order valence-electron chi connectivity index (χ3n) is 1.82. The third kappa shape index (κ3) is 7.19. The molecule has 0 aliphatic rings. The van der Waals surface area contributed by atoms with Crippen LogP contribution >= 0.6 is 0 Å². The Labute approximate surface area is 95.1 Å². The minimum atomic E-state index is -1.04. The highest BCUT2D eigenvalue weighted by molar-refractivity contribution is 5.82. The lowest BCUT2D eigenvalue weighted by Gasteiger charge is -2.20. The van der Waals surface area contributed by atoms with Crippen molar-refractivity contribution in [2.24, 2.45) is 0 Å². The molecule has 0 aliphatic heterocycles. The fourth-order valence-corrected chi connectivity index (χ4v) is 1.05. The zero-order valence-corrected chi connectivity index (χ0v) is 9.77. The number of ether oxygens (including phenoxy) is 2. The lowest BCUT2D eigenvalue weighted by atomic mass is 10.4. The SMILES string of the molecule is CCCOCC(=O)N(CCOC)CC(=O)O. The molecule has 0 radical (unpaired) electrons. The topological polar surface area (TPSA) is 76.1 Å². The van der Waals surface area contributed by atoms with E-state index in [1.807, 2.05) is 6.92 Å². The summed E-state index contributed by atoms with van der Waals surface area (Å²) in [6.45, 7) is 2.60. The molecular formula is C10H19NO5. The standard InChI is InChI=1S/C10H19NO5/c1-3-5-16-8-9(12)11(4-6-15-2)7-10(13)14/h3-8H2,1-2H3,(H,13,14). The number of methoxy groups -OCH3 is 1. The van der Waals surface area contributed by atoms with Gasteiger partial charge in [-0.15, -0.1) is 0 Å². The van der Waals surface area contributed by atoms with E-state index in [-0.39, 0.29) is 25.6 Å². The summed E-state index contributed by atoms with van der Waals surface area (Å²) < 4.78 is 9.86. The van der Waals surface area contributed by atoms with Crippen molar-refractivity contribution in [2.75, 3.05) is 40.0 Å². The molecule has 6 heteroatoms. The van der Waals surface area contributed by atoms with Crippen LogP contribution in [0.1, 0.15) is 13.3 Å². The van der Waals surface area contributed by atoms with Crippen molar-refractivity contribution in [1.82, 2.24) is 4.90 Å². The molecule has 0 aliphatic carbocycles. The van der Waals surface area contributed by atoms with Gasteiger partial charge in [0, 0.05) is 20.3 Å². The van der Waals surface area contributed by atoms with Crippen molar-refractivity contribution in [3.05, 3.63) is 0 Å². The largest absolute Gasteiger partial charge is 0.480 e. The molecule has 0 aromatic rings. The van der Waals surface area contributed by atoms with Gasteiger partial charge in [0.15, 0.2) is 0 Å². The quantitative estimate of drug-likeness (QED) is 0.566. The summed E-state index contributed by atoms with van der Waals surface area (Å²) in [4.78, 5) is 23.3. The van der Waals surface area contributed by atoms with Crippen molar-refractivity contribution >= 4 is 11.9 Å². The Morgan fingerprint density at radius 1 is 1.31 bits per heavy atom. The van der Waals surface area contributed by atoms with E-state index in [9.17, 15) is 9.59 Å². The molecule has 94 valence electrons. The number of carbonyl (C=O) groups is 2. The molecule has 0 atom stereocenters. The van der Waals surface area contributed by atoms with E-state index in [1.165, 1.54) is 12.0 Å². The normalized spacial score (nSPS) is 10.1. The Morgan fingerprint density at radius 3 is 2.50 bits per heavy atom. The summed E-state index contributed by atoms with van der Waals surface area (Å²) in [7, 11) is 1.50. The van der Waals surface area contributed by atoms with E-state index in [1.54, 1.807) is 0 Å². The molecular weight excluding hydrogens is 214 g/mol. The number of nitrogens with zero attached hydrogens (tertiary/aromatic N) is 1. The van der Waals surface area contributed by atoms with Crippen LogP contribution in [-0.4, -0.2) is 61.9 Å². The molecule has 0 unspecified atom stereocenters. The van der Waals surface area contributed by atoms with Gasteiger partial charge in [0.1, 0.15) is 13.2 Å². The lowest BCUT2D eigenvalue weighted by molar-refractivity contribution is -0.147. The van der Waals surface area contributed by atoms with Gasteiger partial charge < -0.3 is 19.5 Å². The fourth-order valence-electron chi connectivity index (χ4n) is 1.05. The van der Waals surface area contributed by atoms with E-state index in [0.717, 1.165) is 6.42 Å². The second-order valence-electron chi connectivity index (χ2n) is 3.25. The molecule has 6 nitrogen and oxygen atoms in total. The molecule has 0 aromatic heterocycles. The molecule has 0 bridgehead atoms. The predicted octanol–water partition coefficient (Wildman–Crippen LogP) is -0.0274. The van der Waals surface area contributed by atoms with Crippen molar-refractivity contribution < 1.29 is 24.2 Å². The second-order valence-corrected chi connectivity index (χ2v) is 3.25. The Bertz CT molecular complexity index is 219. The first-order valence-electron chi connectivity index (χ1n) is 5.18. The van der Waals surface area contributed by atoms with E-state index in [4.69, 9.17) is 14.6 Å². The van der Waals surface area contributed by atoms with Gasteiger partial charge in [-0.25, -0.2) is 0 Å². The first kappa shape index (κ1) is 14.9. The van der Waals surface area contributed by atoms with Crippen LogP contribution < -0.4 is 0 Å². The number of hydrogen-bond donors (Lipinski definition) is 1. The smallest absolute Gasteiger partial charge is 0.323 e. The van der Waals surface area contributed by atoms with Crippen molar-refractivity contribution in [3.63, 3.8) is 0 Å². The third-order valence-corrected chi connectivity index (χ3v) is 1.82. The number of aliphatic carboxylic acids is 1. The summed E-state index contributed by atoms with van der Waals surface area (Å²) in [5, 5.41) is 8.63. The number of carboxylic acids is 1. The van der Waals surface area contributed by atoms with Crippen LogP contribution in [0.2, 0.25) is 0 Å². The van der Waals surface area contributed by atoms with Gasteiger partial charge in [0.2, 0.25) is 5.91 Å². The summed E-state index contributed by atoms with van der Waals surface area (Å²) in [5.74, 6) is -1.37. The Kier molecular flexibility index (Phi) is 8.46. The summed E-state index contributed by atoms with van der Waals surface area (Å²) in [6.07, 6.45) is 0.824. The predicted molar refractivity (Wildman–Crippen MR) is 57.2 cm³/mol. The van der Waals surface area contributed by atoms with E-state index in [0.29, 0.717) is 13.2 Å². The maximum Gasteiger partial charge on any atom is 0.323 e. The number of hydrogen-bond acceptors (Lipinski definition) is 4. The molecule has 0 fully saturated rings. The Hall–Kier alpha value is -1.14. The molecule has 1 N–H and O–H groups in total. The van der Waals surface area contributed by atoms with Crippen LogP contribution in [0.3, 0.4) is 0 Å². The van der Waals surface area contributed by atoms with Gasteiger partial charge in [-0.05, 0) is 6.42 Å². The number of carboxylic acid groups (broad SMARTS) is 1. The molecule has 0 rings (SSSR count). The molecule has 0 heterocycles. The van der Waals surface area contributed by atoms with E-state index >= 15 is 0 Å². The second kappa shape index (κ2) is 9.11. The van der Waals surface area contributed by atoms with Crippen LogP contribution in [0, 0.1) is 0 Å². The van der Waals surface area contributed by atoms with E-state index in [2.05, 4.69) is 0 Å². The molecule has 1 amide bonds. The first-order chi connectivity index (χ1) is 7.61. The average Bonchev–Trinajstić information content (AvgIpc) is 2.23. The van der Waals surface area contributed by atoms with Crippen LogP contribution in [0.15, 0.2) is 0 Å². The van der Waals surface area contributed by atoms with Gasteiger partial charge in [-0.3, -0.25) is 9.59 Å². The monoisotopic (exact) mass is 233 g/mol. The van der Waals surface area contributed by atoms with Crippen LogP contribution in [0.25, 0.3) is 0 Å². The number of rotatable bonds is 9. The van der Waals surface area contributed by atoms with Crippen LogP contribution in [0.5, 0.6) is 0 Å². The summed E-state index contributed by atoms with van der Waals surface area (Å²) in [5.41, 5.74) is 0. The fraction of sp³-hybridized carbons (Fsp3) is 0.800. The highest BCUT2D eigenvalue weighted by atomic mass is 16.5. The maximum atomic E-state index is 11.5. The molecule has 0 saturated heterocycles. The minimum Gasteiger partial charge on any atom is -0.480 e. The van der Waals surface area contributed by atoms with Crippen LogP contribution in [0.4, 0.5) is 0 Å². The lowest BCUT2D eigenvalue weighted by Crippen LogP contribution is -2.40. The summed E-state index contributed by atoms with van der Waals surface area (Å²) >= 11 is 0. The first-order valence-corrected chi connectivity index (χ1v) is 5.18. The van der Waals surface area contributed by atoms with E-state index < -0.39 is 5.97 Å². The highest BCUT2D eigenvalue weighted by Gasteiger charge is 2.16. The number of carbonyl (C=O) groups excluding carboxylic acids is 1. The zero-order chi connectivity index (χ0) is 12.4. The van der Waals surface area contributed by atoms with Crippen molar-refractivity contribution in [2.45, 2.75) is 13.3 Å². The summed E-state index contributed by atoms with van der Waals surface area (Å²) in [6, 6.07) is 0. The molecule has 0 aromatic carbocycles. The number of amides is 1. The molecule has 0 saturated carbocycles.